The molecule has 2 N–H and O–H groups in total. The second-order valence-electron chi connectivity index (χ2n) is 8.97. The van der Waals surface area contributed by atoms with E-state index in [9.17, 15) is 14.4 Å². The van der Waals surface area contributed by atoms with E-state index in [-0.39, 0.29) is 17.9 Å². The molecule has 0 aromatic carbocycles. The van der Waals surface area contributed by atoms with Crippen LogP contribution in [0.15, 0.2) is 0 Å². The minimum absolute atomic E-state index is 0.0791. The maximum absolute atomic E-state index is 11.7. The molecule has 180 valence electrons. The lowest BCUT2D eigenvalue weighted by atomic mass is 9.87. The van der Waals surface area contributed by atoms with Gasteiger partial charge in [0.15, 0.2) is 6.29 Å². The van der Waals surface area contributed by atoms with Crippen molar-refractivity contribution in [3.05, 3.63) is 0 Å². The monoisotopic (exact) mass is 444 g/mol. The van der Waals surface area contributed by atoms with Gasteiger partial charge >= 0.3 is 12.1 Å². The maximum atomic E-state index is 11.7. The van der Waals surface area contributed by atoms with Gasteiger partial charge in [0, 0.05) is 32.9 Å². The van der Waals surface area contributed by atoms with Crippen LogP contribution < -0.4 is 10.6 Å². The average Bonchev–Trinajstić information content (AvgIpc) is 2.63. The Labute approximate surface area is 185 Å². The van der Waals surface area contributed by atoms with E-state index in [2.05, 4.69) is 10.6 Å². The van der Waals surface area contributed by atoms with Gasteiger partial charge in [-0.2, -0.15) is 0 Å². The van der Waals surface area contributed by atoms with Crippen LogP contribution in [0, 0.1) is 5.92 Å². The molecule has 0 saturated carbocycles. The smallest absolute Gasteiger partial charge is 0.407 e. The van der Waals surface area contributed by atoms with E-state index in [1.54, 1.807) is 0 Å². The Hall–Kier alpha value is -1.87. The third-order valence-electron chi connectivity index (χ3n) is 4.91. The third kappa shape index (κ3) is 10.3. The SMILES string of the molecule is CC[C@H]1O[C@@H](OCCCCCNC(=O)OC(C)(C)C)[C@H](NC(C)=O)[C@@H](OC(C)=O)[C@H]1C. The van der Waals surface area contributed by atoms with Crippen LogP contribution in [0.4, 0.5) is 4.79 Å². The molecule has 9 nitrogen and oxygen atoms in total. The molecule has 0 aromatic heterocycles. The molecule has 1 saturated heterocycles. The molecule has 5 atom stereocenters. The molecule has 1 rings (SSSR count). The van der Waals surface area contributed by atoms with E-state index in [1.807, 2.05) is 34.6 Å². The van der Waals surface area contributed by atoms with Crippen LogP contribution in [0.25, 0.3) is 0 Å². The topological polar surface area (TPSA) is 112 Å². The summed E-state index contributed by atoms with van der Waals surface area (Å²) in [5.41, 5.74) is -0.514. The third-order valence-corrected chi connectivity index (χ3v) is 4.91. The largest absolute Gasteiger partial charge is 0.460 e. The molecule has 0 aromatic rings. The second kappa shape index (κ2) is 12.9. The van der Waals surface area contributed by atoms with Gasteiger partial charge < -0.3 is 29.6 Å². The van der Waals surface area contributed by atoms with Crippen LogP contribution in [0.5, 0.6) is 0 Å². The Morgan fingerprint density at radius 2 is 1.74 bits per heavy atom. The number of alkyl carbamates (subject to hydrolysis) is 1. The maximum Gasteiger partial charge on any atom is 0.407 e. The molecule has 31 heavy (non-hydrogen) atoms. The van der Waals surface area contributed by atoms with Crippen molar-refractivity contribution in [1.29, 1.82) is 0 Å². The lowest BCUT2D eigenvalue weighted by Gasteiger charge is -2.44. The Morgan fingerprint density at radius 3 is 2.29 bits per heavy atom. The fraction of sp³-hybridized carbons (Fsp3) is 0.864. The number of carbonyl (C=O) groups excluding carboxylic acids is 3. The zero-order valence-electron chi connectivity index (χ0n) is 20.0. The summed E-state index contributed by atoms with van der Waals surface area (Å²) in [4.78, 5) is 35.0. The van der Waals surface area contributed by atoms with Gasteiger partial charge in [-0.15, -0.1) is 0 Å². The van der Waals surface area contributed by atoms with E-state index in [4.69, 9.17) is 18.9 Å². The summed E-state index contributed by atoms with van der Waals surface area (Å²) in [7, 11) is 0. The highest BCUT2D eigenvalue weighted by Crippen LogP contribution is 2.31. The fourth-order valence-electron chi connectivity index (χ4n) is 3.55. The van der Waals surface area contributed by atoms with Crippen molar-refractivity contribution < 1.29 is 33.3 Å². The molecule has 0 spiro atoms. The summed E-state index contributed by atoms with van der Waals surface area (Å²) < 4.78 is 22.7. The van der Waals surface area contributed by atoms with Gasteiger partial charge in [0.05, 0.1) is 6.10 Å². The lowest BCUT2D eigenvalue weighted by molar-refractivity contribution is -0.253. The van der Waals surface area contributed by atoms with E-state index in [0.717, 1.165) is 25.7 Å². The van der Waals surface area contributed by atoms with Crippen molar-refractivity contribution in [2.75, 3.05) is 13.2 Å². The highest BCUT2D eigenvalue weighted by atomic mass is 16.7. The molecule has 1 heterocycles. The number of carbonyl (C=O) groups is 3. The first-order chi connectivity index (χ1) is 14.4. The lowest BCUT2D eigenvalue weighted by Crippen LogP contribution is -2.62. The molecule has 2 amide bonds. The second-order valence-corrected chi connectivity index (χ2v) is 8.97. The molecule has 1 fully saturated rings. The average molecular weight is 445 g/mol. The van der Waals surface area contributed by atoms with Crippen LogP contribution in [-0.4, -0.2) is 61.3 Å². The fourth-order valence-corrected chi connectivity index (χ4v) is 3.55. The summed E-state index contributed by atoms with van der Waals surface area (Å²) in [6.45, 7) is 13.1. The van der Waals surface area contributed by atoms with Crippen molar-refractivity contribution in [3.63, 3.8) is 0 Å². The van der Waals surface area contributed by atoms with Gasteiger partial charge in [-0.3, -0.25) is 9.59 Å². The minimum atomic E-state index is -0.700. The predicted molar refractivity (Wildman–Crippen MR) is 115 cm³/mol. The summed E-state index contributed by atoms with van der Waals surface area (Å²) >= 11 is 0. The molecule has 0 unspecified atom stereocenters. The van der Waals surface area contributed by atoms with Crippen molar-refractivity contribution in [1.82, 2.24) is 10.6 Å². The van der Waals surface area contributed by atoms with E-state index >= 15 is 0 Å². The van der Waals surface area contributed by atoms with Gasteiger partial charge in [0.25, 0.3) is 0 Å². The molecule has 1 aliphatic rings. The van der Waals surface area contributed by atoms with Crippen molar-refractivity contribution in [2.24, 2.45) is 5.92 Å². The zero-order valence-corrected chi connectivity index (χ0v) is 20.0. The highest BCUT2D eigenvalue weighted by Gasteiger charge is 2.46. The number of unbranched alkanes of at least 4 members (excludes halogenated alkanes) is 2. The molecule has 1 aliphatic heterocycles. The molecular formula is C22H40N2O7. The molecule has 9 heteroatoms. The summed E-state index contributed by atoms with van der Waals surface area (Å²) in [5, 5.41) is 5.55. The van der Waals surface area contributed by atoms with Crippen molar-refractivity contribution in [3.8, 4) is 0 Å². The van der Waals surface area contributed by atoms with Crippen molar-refractivity contribution >= 4 is 18.0 Å². The first-order valence-corrected chi connectivity index (χ1v) is 11.1. The molecular weight excluding hydrogens is 404 g/mol. The molecule has 0 bridgehead atoms. The van der Waals surface area contributed by atoms with Gasteiger partial charge in [-0.1, -0.05) is 13.8 Å². The van der Waals surface area contributed by atoms with E-state index < -0.39 is 36.1 Å². The summed E-state index contributed by atoms with van der Waals surface area (Å²) in [6, 6.07) is -0.576. The van der Waals surface area contributed by atoms with Crippen LogP contribution in [-0.2, 0) is 28.5 Å². The Morgan fingerprint density at radius 1 is 1.06 bits per heavy atom. The predicted octanol–water partition coefficient (Wildman–Crippen LogP) is 2.91. The molecule has 0 aliphatic carbocycles. The number of ether oxygens (including phenoxy) is 4. The summed E-state index contributed by atoms with van der Waals surface area (Å²) in [5.74, 6) is -0.723. The quantitative estimate of drug-likeness (QED) is 0.393. The Bertz CT molecular complexity index is 591. The van der Waals surface area contributed by atoms with Crippen LogP contribution in [0.1, 0.15) is 74.1 Å². The van der Waals surface area contributed by atoms with Gasteiger partial charge in [-0.25, -0.2) is 4.79 Å². The standard InChI is InChI=1S/C22H40N2O7/c1-8-17-14(2)19(29-16(4)26)18(24-15(3)25)20(30-17)28-13-11-9-10-12-23-21(27)31-22(5,6)7/h14,17-20H,8-13H2,1-7H3,(H,23,27)(H,24,25)/t14-,17+,18+,19-,20+/m0/s1. The number of hydrogen-bond acceptors (Lipinski definition) is 7. The van der Waals surface area contributed by atoms with E-state index in [1.165, 1.54) is 13.8 Å². The Balaban J connectivity index is 2.51. The zero-order chi connectivity index (χ0) is 23.6. The van der Waals surface area contributed by atoms with Gasteiger partial charge in [0.2, 0.25) is 5.91 Å². The first kappa shape index (κ1) is 27.2. The van der Waals surface area contributed by atoms with Crippen LogP contribution >= 0.6 is 0 Å². The van der Waals surface area contributed by atoms with Gasteiger partial charge in [-0.05, 0) is 46.5 Å². The van der Waals surface area contributed by atoms with Crippen LogP contribution in [0.2, 0.25) is 0 Å². The van der Waals surface area contributed by atoms with Crippen molar-refractivity contribution in [2.45, 2.75) is 104 Å². The minimum Gasteiger partial charge on any atom is -0.460 e. The number of hydrogen-bond donors (Lipinski definition) is 2. The number of esters is 1. The Kier molecular flexibility index (Phi) is 11.3. The highest BCUT2D eigenvalue weighted by molar-refractivity contribution is 5.73. The number of rotatable bonds is 10. The number of nitrogens with one attached hydrogen (secondary N) is 2. The van der Waals surface area contributed by atoms with E-state index in [0.29, 0.717) is 13.2 Å². The normalized spacial score (nSPS) is 26.1. The molecule has 0 radical (unpaired) electrons. The van der Waals surface area contributed by atoms with Gasteiger partial charge in [0.1, 0.15) is 17.7 Å². The summed E-state index contributed by atoms with van der Waals surface area (Å²) in [6.07, 6.45) is 1.33. The first-order valence-electron chi connectivity index (χ1n) is 11.1. The number of amides is 2. The van der Waals surface area contributed by atoms with Crippen LogP contribution in [0.3, 0.4) is 0 Å².